The quantitative estimate of drug-likeness (QED) is 0.256. The van der Waals surface area contributed by atoms with E-state index in [4.69, 9.17) is 5.11 Å². The summed E-state index contributed by atoms with van der Waals surface area (Å²) in [5.41, 5.74) is 0. The van der Waals surface area contributed by atoms with E-state index in [9.17, 15) is 4.79 Å². The molecule has 1 amide bonds. The highest BCUT2D eigenvalue weighted by Crippen LogP contribution is 2.10. The second kappa shape index (κ2) is 16.5. The molecule has 0 bridgehead atoms. The monoisotopic (exact) mass is 350 g/mol. The van der Waals surface area contributed by atoms with Gasteiger partial charge in [-0.3, -0.25) is 4.79 Å². The summed E-state index contributed by atoms with van der Waals surface area (Å²) in [6.45, 7) is 4.00. The van der Waals surface area contributed by atoms with Crippen LogP contribution in [-0.2, 0) is 4.79 Å². The van der Waals surface area contributed by atoms with Gasteiger partial charge in [0.2, 0.25) is 5.91 Å². The molecule has 5 heteroatoms. The van der Waals surface area contributed by atoms with Crippen LogP contribution in [0.3, 0.4) is 0 Å². The van der Waals surface area contributed by atoms with Crippen LogP contribution in [0, 0.1) is 0 Å². The smallest absolute Gasteiger partial charge is 0.224 e. The van der Waals surface area contributed by atoms with Gasteiger partial charge >= 0.3 is 0 Å². The number of unbranched alkanes of at least 4 members (excludes halogenated alkanes) is 8. The number of carbonyl (C=O) groups is 1. The first-order valence-corrected chi connectivity index (χ1v) is 9.21. The highest BCUT2D eigenvalue weighted by Gasteiger charge is 2.15. The molecule has 23 heavy (non-hydrogen) atoms. The molecule has 0 aliphatic carbocycles. The molecule has 0 unspecified atom stereocenters. The molecule has 2 N–H and O–H groups in total. The molecule has 0 spiro atoms. The minimum Gasteiger partial charge on any atom is -1.00 e. The van der Waals surface area contributed by atoms with E-state index >= 15 is 0 Å². The van der Waals surface area contributed by atoms with Crippen LogP contribution < -0.4 is 17.7 Å². The van der Waals surface area contributed by atoms with Gasteiger partial charge in [0.05, 0.1) is 20.6 Å². The lowest BCUT2D eigenvalue weighted by Crippen LogP contribution is -3.00. The first-order chi connectivity index (χ1) is 10.5. The zero-order valence-electron chi connectivity index (χ0n) is 15.6. The van der Waals surface area contributed by atoms with Crippen molar-refractivity contribution < 1.29 is 26.8 Å². The highest BCUT2D eigenvalue weighted by molar-refractivity contribution is 5.75. The summed E-state index contributed by atoms with van der Waals surface area (Å²) in [4.78, 5) is 11.8. The predicted molar refractivity (Wildman–Crippen MR) is 93.5 cm³/mol. The number of hydrogen-bond donors (Lipinski definition) is 2. The molecule has 0 saturated heterocycles. The number of hydrogen-bond acceptors (Lipinski definition) is 2. The summed E-state index contributed by atoms with van der Waals surface area (Å²) in [5.74, 6) is 0.165. The Bertz CT molecular complexity index is 274. The Morgan fingerprint density at radius 2 is 1.43 bits per heavy atom. The van der Waals surface area contributed by atoms with Crippen molar-refractivity contribution in [2.75, 3.05) is 33.9 Å². The Balaban J connectivity index is 0. The van der Waals surface area contributed by atoms with Crippen molar-refractivity contribution in [3.05, 3.63) is 0 Å². The van der Waals surface area contributed by atoms with E-state index in [-0.39, 0.29) is 24.9 Å². The van der Waals surface area contributed by atoms with Gasteiger partial charge in [0, 0.05) is 19.4 Å². The lowest BCUT2D eigenvalue weighted by molar-refractivity contribution is -0.892. The van der Waals surface area contributed by atoms with Crippen LogP contribution in [0.15, 0.2) is 0 Å². The molecule has 0 aliphatic heterocycles. The van der Waals surface area contributed by atoms with Gasteiger partial charge in [0.1, 0.15) is 0 Å². The summed E-state index contributed by atoms with van der Waals surface area (Å²) in [6.07, 6.45) is 13.0. The van der Waals surface area contributed by atoms with E-state index in [0.29, 0.717) is 13.1 Å². The molecule has 0 fully saturated rings. The average Bonchev–Trinajstić information content (AvgIpc) is 2.49. The van der Waals surface area contributed by atoms with Crippen molar-refractivity contribution in [3.8, 4) is 0 Å². The Hall–Kier alpha value is -0.320. The fourth-order valence-electron chi connectivity index (χ4n) is 2.56. The molecule has 0 aromatic rings. The van der Waals surface area contributed by atoms with E-state index in [1.54, 1.807) is 0 Å². The maximum absolute atomic E-state index is 11.8. The molecule has 0 aliphatic rings. The van der Waals surface area contributed by atoms with Crippen LogP contribution in [0.25, 0.3) is 0 Å². The average molecular weight is 351 g/mol. The van der Waals surface area contributed by atoms with Gasteiger partial charge in [0.15, 0.2) is 6.67 Å². The van der Waals surface area contributed by atoms with Crippen molar-refractivity contribution in [2.45, 2.75) is 77.6 Å². The summed E-state index contributed by atoms with van der Waals surface area (Å²) in [5, 5.41) is 11.9. The molecule has 140 valence electrons. The molecule has 0 aromatic carbocycles. The van der Waals surface area contributed by atoms with Crippen LogP contribution in [0.2, 0.25) is 0 Å². The molecule has 0 heterocycles. The maximum atomic E-state index is 11.8. The van der Waals surface area contributed by atoms with Crippen molar-refractivity contribution in [2.24, 2.45) is 0 Å². The normalized spacial score (nSPS) is 11.1. The number of halogens is 1. The van der Waals surface area contributed by atoms with E-state index in [0.717, 1.165) is 23.9 Å². The molecule has 0 radical (unpaired) electrons. The number of nitrogens with zero attached hydrogens (tertiary/aromatic N) is 1. The first-order valence-electron chi connectivity index (χ1n) is 9.21. The fourth-order valence-corrected chi connectivity index (χ4v) is 2.56. The van der Waals surface area contributed by atoms with Crippen molar-refractivity contribution >= 4 is 5.91 Å². The lowest BCUT2D eigenvalue weighted by Gasteiger charge is -2.29. The van der Waals surface area contributed by atoms with Crippen molar-refractivity contribution in [1.29, 1.82) is 0 Å². The third-order valence-electron chi connectivity index (χ3n) is 4.13. The third kappa shape index (κ3) is 17.9. The summed E-state index contributed by atoms with van der Waals surface area (Å²) >= 11 is 0. The van der Waals surface area contributed by atoms with E-state index in [1.807, 2.05) is 0 Å². The highest BCUT2D eigenvalue weighted by atomic mass is 35.5. The van der Waals surface area contributed by atoms with Gasteiger partial charge in [-0.25, -0.2) is 0 Å². The van der Waals surface area contributed by atoms with Crippen LogP contribution in [0.5, 0.6) is 0 Å². The summed E-state index contributed by atoms with van der Waals surface area (Å²) in [7, 11) is 4.16. The van der Waals surface area contributed by atoms with E-state index < -0.39 is 0 Å². The zero-order valence-corrected chi connectivity index (χ0v) is 16.3. The molecular weight excluding hydrogens is 312 g/mol. The number of aliphatic hydroxyl groups is 1. The number of quaternary nitrogens is 1. The Labute approximate surface area is 150 Å². The Morgan fingerprint density at radius 1 is 0.913 bits per heavy atom. The third-order valence-corrected chi connectivity index (χ3v) is 4.13. The van der Waals surface area contributed by atoms with Crippen LogP contribution in [0.4, 0.5) is 0 Å². The zero-order chi connectivity index (χ0) is 16.7. The molecule has 4 nitrogen and oxygen atoms in total. The second-order valence-electron chi connectivity index (χ2n) is 7.07. The maximum Gasteiger partial charge on any atom is 0.224 e. The number of rotatable bonds is 15. The van der Waals surface area contributed by atoms with Gasteiger partial charge in [0.25, 0.3) is 0 Å². The van der Waals surface area contributed by atoms with E-state index in [1.165, 1.54) is 51.4 Å². The molecular formula is C18H39ClN2O2. The second-order valence-corrected chi connectivity index (χ2v) is 7.07. The number of nitrogens with one attached hydrogen (secondary N) is 1. The van der Waals surface area contributed by atoms with Gasteiger partial charge in [-0.05, 0) is 6.42 Å². The van der Waals surface area contributed by atoms with Crippen molar-refractivity contribution in [3.63, 3.8) is 0 Å². The lowest BCUT2D eigenvalue weighted by atomic mass is 10.1. The largest absolute Gasteiger partial charge is 1.00 e. The number of carbonyl (C=O) groups excluding carboxylic acids is 1. The minimum atomic E-state index is 0. The molecule has 0 aromatic heterocycles. The van der Waals surface area contributed by atoms with Gasteiger partial charge < -0.3 is 27.3 Å². The van der Waals surface area contributed by atoms with Crippen molar-refractivity contribution in [1.82, 2.24) is 5.32 Å². The van der Waals surface area contributed by atoms with Gasteiger partial charge in [-0.15, -0.1) is 0 Å². The minimum absolute atomic E-state index is 0. The summed E-state index contributed by atoms with van der Waals surface area (Å²) < 4.78 is 0.726. The van der Waals surface area contributed by atoms with Gasteiger partial charge in [-0.2, -0.15) is 0 Å². The standard InChI is InChI=1S/C18H38N2O2.ClH/c1-4-5-6-7-8-9-10-11-12-14-18(22)19-17-20(2,3)15-13-16-21;/h21H,4-17H2,1-3H3;1H. The fraction of sp³-hybridized carbons (Fsp3) is 0.944. The van der Waals surface area contributed by atoms with Gasteiger partial charge in [-0.1, -0.05) is 58.3 Å². The van der Waals surface area contributed by atoms with Crippen LogP contribution in [0.1, 0.15) is 77.6 Å². The topological polar surface area (TPSA) is 49.3 Å². The number of amides is 1. The SMILES string of the molecule is CCCCCCCCCCCC(=O)NC[N+](C)(C)CCCO.[Cl-]. The molecule has 0 atom stereocenters. The predicted octanol–water partition coefficient (Wildman–Crippen LogP) is 0.444. The van der Waals surface area contributed by atoms with Crippen LogP contribution >= 0.6 is 0 Å². The Kier molecular flexibility index (Phi) is 17.9. The number of aliphatic hydroxyl groups excluding tert-OH is 1. The van der Waals surface area contributed by atoms with E-state index in [2.05, 4.69) is 26.3 Å². The Morgan fingerprint density at radius 3 is 1.96 bits per heavy atom. The first kappa shape index (κ1) is 24.9. The molecule has 0 rings (SSSR count). The molecule has 0 saturated carbocycles. The van der Waals surface area contributed by atoms with Crippen LogP contribution in [-0.4, -0.2) is 49.4 Å². The summed E-state index contributed by atoms with van der Waals surface area (Å²) in [6, 6.07) is 0.